The van der Waals surface area contributed by atoms with E-state index in [0.29, 0.717) is 11.4 Å². The van der Waals surface area contributed by atoms with E-state index in [0.717, 1.165) is 11.4 Å². The summed E-state index contributed by atoms with van der Waals surface area (Å²) in [7, 11) is 0. The molecule has 0 saturated carbocycles. The van der Waals surface area contributed by atoms with Crippen LogP contribution in [-0.4, -0.2) is 20.3 Å². The second-order valence-corrected chi connectivity index (χ2v) is 4.56. The molecule has 100 valence electrons. The van der Waals surface area contributed by atoms with E-state index in [1.165, 1.54) is 4.68 Å². The molecule has 2 N–H and O–H groups in total. The lowest BCUT2D eigenvalue weighted by Crippen LogP contribution is -2.16. The van der Waals surface area contributed by atoms with Gasteiger partial charge in [0, 0.05) is 29.7 Å². The number of hydrogen-bond donors (Lipinski definition) is 1. The van der Waals surface area contributed by atoms with Gasteiger partial charge in [0.25, 0.3) is 5.91 Å². The standard InChI is InChI=1S/C15H14N4O/c1-11-10-14(16)19(17-11)15(20)12-4-6-13(7-5-12)18-8-2-3-9-18/h2-10H,16H2,1H3. The zero-order valence-corrected chi connectivity index (χ0v) is 11.0. The molecule has 20 heavy (non-hydrogen) atoms. The fraction of sp³-hybridized carbons (Fsp3) is 0.0667. The molecule has 5 nitrogen and oxygen atoms in total. The molecule has 0 aliphatic rings. The van der Waals surface area contributed by atoms with Crippen molar-refractivity contribution >= 4 is 11.7 Å². The normalized spacial score (nSPS) is 10.7. The molecule has 2 heterocycles. The highest BCUT2D eigenvalue weighted by Crippen LogP contribution is 2.13. The fourth-order valence-electron chi connectivity index (χ4n) is 2.09. The van der Waals surface area contributed by atoms with E-state index in [9.17, 15) is 4.79 Å². The molecule has 3 rings (SSSR count). The molecule has 0 atom stereocenters. The summed E-state index contributed by atoms with van der Waals surface area (Å²) in [5.41, 5.74) is 8.03. The Morgan fingerprint density at radius 2 is 1.80 bits per heavy atom. The molecular formula is C15H14N4O. The van der Waals surface area contributed by atoms with Crippen molar-refractivity contribution in [3.8, 4) is 5.69 Å². The average Bonchev–Trinajstić information content (AvgIpc) is 3.08. The summed E-state index contributed by atoms with van der Waals surface area (Å²) >= 11 is 0. The maximum atomic E-state index is 12.3. The topological polar surface area (TPSA) is 65.8 Å². The van der Waals surface area contributed by atoms with Gasteiger partial charge in [-0.2, -0.15) is 9.78 Å². The van der Waals surface area contributed by atoms with Crippen molar-refractivity contribution in [1.82, 2.24) is 14.3 Å². The van der Waals surface area contributed by atoms with Crippen LogP contribution in [0.2, 0.25) is 0 Å². The van der Waals surface area contributed by atoms with E-state index >= 15 is 0 Å². The molecule has 1 aromatic carbocycles. The second kappa shape index (κ2) is 4.70. The molecule has 0 fully saturated rings. The van der Waals surface area contributed by atoms with Crippen molar-refractivity contribution in [3.63, 3.8) is 0 Å². The van der Waals surface area contributed by atoms with E-state index in [1.54, 1.807) is 25.1 Å². The zero-order valence-electron chi connectivity index (χ0n) is 11.0. The summed E-state index contributed by atoms with van der Waals surface area (Å²) in [5, 5.41) is 4.10. The highest BCUT2D eigenvalue weighted by Gasteiger charge is 2.13. The van der Waals surface area contributed by atoms with Gasteiger partial charge in [-0.15, -0.1) is 0 Å². The van der Waals surface area contributed by atoms with Gasteiger partial charge in [0.2, 0.25) is 0 Å². The van der Waals surface area contributed by atoms with Gasteiger partial charge in [0.05, 0.1) is 5.69 Å². The van der Waals surface area contributed by atoms with Crippen molar-refractivity contribution in [2.75, 3.05) is 5.73 Å². The van der Waals surface area contributed by atoms with Crippen molar-refractivity contribution in [3.05, 3.63) is 66.1 Å². The molecular weight excluding hydrogens is 252 g/mol. The highest BCUT2D eigenvalue weighted by molar-refractivity contribution is 5.97. The molecule has 0 saturated heterocycles. The van der Waals surface area contributed by atoms with E-state index in [2.05, 4.69) is 5.10 Å². The number of nitrogens with two attached hydrogens (primary N) is 1. The van der Waals surface area contributed by atoms with E-state index in [1.807, 2.05) is 41.2 Å². The summed E-state index contributed by atoms with van der Waals surface area (Å²) in [6.45, 7) is 1.80. The van der Waals surface area contributed by atoms with Crippen LogP contribution in [0.1, 0.15) is 16.1 Å². The number of nitrogens with zero attached hydrogens (tertiary/aromatic N) is 3. The maximum Gasteiger partial charge on any atom is 0.280 e. The molecule has 3 aromatic rings. The Morgan fingerprint density at radius 1 is 1.15 bits per heavy atom. The first kappa shape index (κ1) is 12.2. The SMILES string of the molecule is Cc1cc(N)n(C(=O)c2ccc(-n3cccc3)cc2)n1. The first-order valence-corrected chi connectivity index (χ1v) is 6.25. The molecule has 0 unspecified atom stereocenters. The van der Waals surface area contributed by atoms with Crippen LogP contribution in [0.5, 0.6) is 0 Å². The number of aryl methyl sites for hydroxylation is 1. The first-order valence-electron chi connectivity index (χ1n) is 6.25. The average molecular weight is 266 g/mol. The van der Waals surface area contributed by atoms with Crippen LogP contribution < -0.4 is 5.73 Å². The number of benzene rings is 1. The van der Waals surface area contributed by atoms with Gasteiger partial charge >= 0.3 is 0 Å². The summed E-state index contributed by atoms with van der Waals surface area (Å²) < 4.78 is 3.20. The molecule has 0 aliphatic heterocycles. The predicted molar refractivity (Wildman–Crippen MR) is 76.9 cm³/mol. The molecule has 5 heteroatoms. The van der Waals surface area contributed by atoms with Crippen LogP contribution in [0.25, 0.3) is 5.69 Å². The summed E-state index contributed by atoms with van der Waals surface area (Å²) in [6, 6.07) is 12.9. The number of anilines is 1. The first-order chi connectivity index (χ1) is 9.65. The minimum absolute atomic E-state index is 0.227. The van der Waals surface area contributed by atoms with E-state index in [-0.39, 0.29) is 5.91 Å². The molecule has 0 aliphatic carbocycles. The predicted octanol–water partition coefficient (Wildman–Crippen LogP) is 2.25. The smallest absolute Gasteiger partial charge is 0.280 e. The maximum absolute atomic E-state index is 12.3. The highest BCUT2D eigenvalue weighted by atomic mass is 16.2. The Kier molecular flexibility index (Phi) is 2.87. The lowest BCUT2D eigenvalue weighted by atomic mass is 10.2. The minimum atomic E-state index is -0.227. The minimum Gasteiger partial charge on any atom is -0.383 e. The van der Waals surface area contributed by atoms with Gasteiger partial charge in [-0.05, 0) is 43.3 Å². The van der Waals surface area contributed by atoms with Gasteiger partial charge < -0.3 is 10.3 Å². The van der Waals surface area contributed by atoms with Gasteiger partial charge in [-0.25, -0.2) is 0 Å². The molecule has 0 bridgehead atoms. The Labute approximate surface area is 116 Å². The Morgan fingerprint density at radius 3 is 2.35 bits per heavy atom. The number of carbonyl (C=O) groups excluding carboxylic acids is 1. The van der Waals surface area contributed by atoms with E-state index in [4.69, 9.17) is 5.73 Å². The van der Waals surface area contributed by atoms with Crippen molar-refractivity contribution in [1.29, 1.82) is 0 Å². The molecule has 0 radical (unpaired) electrons. The lowest BCUT2D eigenvalue weighted by molar-refractivity contribution is 0.0947. The largest absolute Gasteiger partial charge is 0.383 e. The third-order valence-electron chi connectivity index (χ3n) is 3.07. The van der Waals surface area contributed by atoms with Gasteiger partial charge in [-0.1, -0.05) is 0 Å². The van der Waals surface area contributed by atoms with Crippen LogP contribution in [0.15, 0.2) is 54.9 Å². The molecule has 2 aromatic heterocycles. The number of aromatic nitrogens is 3. The number of nitrogen functional groups attached to an aromatic ring is 1. The van der Waals surface area contributed by atoms with Gasteiger partial charge in [-0.3, -0.25) is 4.79 Å². The zero-order chi connectivity index (χ0) is 14.1. The molecule has 0 spiro atoms. The van der Waals surface area contributed by atoms with Crippen LogP contribution in [-0.2, 0) is 0 Å². The number of rotatable bonds is 2. The Hall–Kier alpha value is -2.82. The van der Waals surface area contributed by atoms with Gasteiger partial charge in [0.1, 0.15) is 5.82 Å². The Bertz CT molecular complexity index is 739. The van der Waals surface area contributed by atoms with Crippen LogP contribution >= 0.6 is 0 Å². The Balaban J connectivity index is 1.91. The molecule has 0 amide bonds. The number of carbonyl (C=O) groups is 1. The second-order valence-electron chi connectivity index (χ2n) is 4.56. The van der Waals surface area contributed by atoms with Crippen molar-refractivity contribution < 1.29 is 4.79 Å². The third kappa shape index (κ3) is 2.09. The van der Waals surface area contributed by atoms with Crippen LogP contribution in [0, 0.1) is 6.92 Å². The van der Waals surface area contributed by atoms with Crippen LogP contribution in [0.3, 0.4) is 0 Å². The summed E-state index contributed by atoms with van der Waals surface area (Å²) in [5.74, 6) is 0.122. The van der Waals surface area contributed by atoms with Gasteiger partial charge in [0.15, 0.2) is 0 Å². The van der Waals surface area contributed by atoms with Crippen LogP contribution in [0.4, 0.5) is 5.82 Å². The quantitative estimate of drug-likeness (QED) is 0.773. The number of hydrogen-bond acceptors (Lipinski definition) is 3. The third-order valence-corrected chi connectivity index (χ3v) is 3.07. The summed E-state index contributed by atoms with van der Waals surface area (Å²) in [4.78, 5) is 12.3. The fourth-order valence-corrected chi connectivity index (χ4v) is 2.09. The van der Waals surface area contributed by atoms with Crippen molar-refractivity contribution in [2.45, 2.75) is 6.92 Å². The van der Waals surface area contributed by atoms with E-state index < -0.39 is 0 Å². The van der Waals surface area contributed by atoms with Crippen molar-refractivity contribution in [2.24, 2.45) is 0 Å². The summed E-state index contributed by atoms with van der Waals surface area (Å²) in [6.07, 6.45) is 3.90. The monoisotopic (exact) mass is 266 g/mol. The lowest BCUT2D eigenvalue weighted by Gasteiger charge is -2.05.